The van der Waals surface area contributed by atoms with E-state index in [1.165, 1.54) is 7.11 Å². The molecule has 0 radical (unpaired) electrons. The number of ether oxygens (including phenoxy) is 1. The van der Waals surface area contributed by atoms with Gasteiger partial charge in [-0.3, -0.25) is 4.79 Å². The third-order valence-corrected chi connectivity index (χ3v) is 1.69. The topological polar surface area (TPSA) is 46.5 Å². The van der Waals surface area contributed by atoms with E-state index in [1.807, 2.05) is 6.92 Å². The van der Waals surface area contributed by atoms with Gasteiger partial charge in [0.05, 0.1) is 7.11 Å². The largest absolute Gasteiger partial charge is 0.469 e. The second-order valence-electron chi connectivity index (χ2n) is 2.73. The SMILES string of the molecule is COC(=O)CCC(C)CCO. The van der Waals surface area contributed by atoms with Crippen LogP contribution < -0.4 is 0 Å². The van der Waals surface area contributed by atoms with Crippen LogP contribution in [0.1, 0.15) is 26.2 Å². The molecule has 11 heavy (non-hydrogen) atoms. The second-order valence-corrected chi connectivity index (χ2v) is 2.73. The molecule has 0 spiro atoms. The molecule has 0 aromatic heterocycles. The number of hydrogen-bond donors (Lipinski definition) is 1. The maximum absolute atomic E-state index is 10.6. The Morgan fingerprint density at radius 2 is 2.18 bits per heavy atom. The maximum Gasteiger partial charge on any atom is 0.305 e. The van der Waals surface area contributed by atoms with Crippen molar-refractivity contribution < 1.29 is 14.6 Å². The number of rotatable bonds is 5. The van der Waals surface area contributed by atoms with Crippen molar-refractivity contribution in [1.29, 1.82) is 0 Å². The van der Waals surface area contributed by atoms with Crippen molar-refractivity contribution in [3.8, 4) is 0 Å². The van der Waals surface area contributed by atoms with Gasteiger partial charge in [-0.15, -0.1) is 0 Å². The minimum atomic E-state index is -0.171. The quantitative estimate of drug-likeness (QED) is 0.609. The molecule has 0 saturated heterocycles. The molecule has 66 valence electrons. The first-order valence-electron chi connectivity index (χ1n) is 3.88. The van der Waals surface area contributed by atoms with Crippen molar-refractivity contribution in [3.63, 3.8) is 0 Å². The fraction of sp³-hybridized carbons (Fsp3) is 0.875. The molecule has 0 heterocycles. The number of hydrogen-bond acceptors (Lipinski definition) is 3. The summed E-state index contributed by atoms with van der Waals surface area (Å²) in [5.41, 5.74) is 0. The van der Waals surface area contributed by atoms with Crippen LogP contribution in [0.15, 0.2) is 0 Å². The third-order valence-electron chi connectivity index (χ3n) is 1.69. The molecule has 1 atom stereocenters. The van der Waals surface area contributed by atoms with Crippen molar-refractivity contribution >= 4 is 5.97 Å². The molecule has 0 rings (SSSR count). The Kier molecular flexibility index (Phi) is 5.84. The Morgan fingerprint density at radius 1 is 1.55 bits per heavy atom. The average Bonchev–Trinajstić information content (AvgIpc) is 2.01. The van der Waals surface area contributed by atoms with Crippen LogP contribution in [0.3, 0.4) is 0 Å². The highest BCUT2D eigenvalue weighted by Gasteiger charge is 2.05. The van der Waals surface area contributed by atoms with E-state index in [0.717, 1.165) is 12.8 Å². The molecule has 0 fully saturated rings. The zero-order valence-corrected chi connectivity index (χ0v) is 7.17. The van der Waals surface area contributed by atoms with Crippen molar-refractivity contribution in [2.24, 2.45) is 5.92 Å². The van der Waals surface area contributed by atoms with Gasteiger partial charge in [0.2, 0.25) is 0 Å². The minimum Gasteiger partial charge on any atom is -0.469 e. The first-order chi connectivity index (χ1) is 5.20. The Hall–Kier alpha value is -0.570. The lowest BCUT2D eigenvalue weighted by molar-refractivity contribution is -0.140. The van der Waals surface area contributed by atoms with Gasteiger partial charge in [0.1, 0.15) is 0 Å². The second kappa shape index (κ2) is 6.16. The highest BCUT2D eigenvalue weighted by atomic mass is 16.5. The summed E-state index contributed by atoms with van der Waals surface area (Å²) in [4.78, 5) is 10.6. The molecular formula is C8H16O3. The lowest BCUT2D eigenvalue weighted by Gasteiger charge is -2.07. The molecular weight excluding hydrogens is 144 g/mol. The summed E-state index contributed by atoms with van der Waals surface area (Å²) < 4.78 is 4.48. The Bertz CT molecular complexity index is 112. The standard InChI is InChI=1S/C8H16O3/c1-7(5-6-9)3-4-8(10)11-2/h7,9H,3-6H2,1-2H3. The molecule has 1 unspecified atom stereocenters. The number of esters is 1. The fourth-order valence-corrected chi connectivity index (χ4v) is 0.831. The molecule has 1 N–H and O–H groups in total. The van der Waals surface area contributed by atoms with E-state index in [9.17, 15) is 4.79 Å². The first-order valence-corrected chi connectivity index (χ1v) is 3.88. The normalized spacial score (nSPS) is 12.6. The van der Waals surface area contributed by atoms with E-state index in [-0.39, 0.29) is 12.6 Å². The number of aliphatic hydroxyl groups excluding tert-OH is 1. The zero-order chi connectivity index (χ0) is 8.69. The Morgan fingerprint density at radius 3 is 2.64 bits per heavy atom. The summed E-state index contributed by atoms with van der Waals surface area (Å²) in [7, 11) is 1.39. The van der Waals surface area contributed by atoms with Crippen LogP contribution in [0, 0.1) is 5.92 Å². The van der Waals surface area contributed by atoms with E-state index in [2.05, 4.69) is 4.74 Å². The lowest BCUT2D eigenvalue weighted by Crippen LogP contribution is -2.05. The van der Waals surface area contributed by atoms with Crippen LogP contribution in [0.5, 0.6) is 0 Å². The van der Waals surface area contributed by atoms with Crippen molar-refractivity contribution in [2.45, 2.75) is 26.2 Å². The van der Waals surface area contributed by atoms with Gasteiger partial charge >= 0.3 is 5.97 Å². The molecule has 0 aliphatic rings. The highest BCUT2D eigenvalue weighted by molar-refractivity contribution is 5.69. The number of aliphatic hydroxyl groups is 1. The molecule has 3 heteroatoms. The summed E-state index contributed by atoms with van der Waals surface area (Å²) in [5.74, 6) is 0.230. The van der Waals surface area contributed by atoms with E-state index >= 15 is 0 Å². The van der Waals surface area contributed by atoms with Crippen LogP contribution in [-0.4, -0.2) is 24.8 Å². The van der Waals surface area contributed by atoms with Gasteiger partial charge in [0.15, 0.2) is 0 Å². The number of methoxy groups -OCH3 is 1. The number of carbonyl (C=O) groups is 1. The van der Waals surface area contributed by atoms with Gasteiger partial charge < -0.3 is 9.84 Å². The average molecular weight is 160 g/mol. The van der Waals surface area contributed by atoms with Gasteiger partial charge in [-0.25, -0.2) is 0 Å². The maximum atomic E-state index is 10.6. The Balaban J connectivity index is 3.29. The predicted molar refractivity (Wildman–Crippen MR) is 42.1 cm³/mol. The van der Waals surface area contributed by atoms with E-state index in [4.69, 9.17) is 5.11 Å². The molecule has 0 aliphatic heterocycles. The predicted octanol–water partition coefficient (Wildman–Crippen LogP) is 0.958. The molecule has 3 nitrogen and oxygen atoms in total. The van der Waals surface area contributed by atoms with Gasteiger partial charge in [-0.05, 0) is 18.8 Å². The molecule has 0 aromatic rings. The van der Waals surface area contributed by atoms with Crippen molar-refractivity contribution in [3.05, 3.63) is 0 Å². The summed E-state index contributed by atoms with van der Waals surface area (Å²) in [6.07, 6.45) is 2.02. The van der Waals surface area contributed by atoms with Crippen LogP contribution >= 0.6 is 0 Å². The van der Waals surface area contributed by atoms with Gasteiger partial charge in [0, 0.05) is 13.0 Å². The van der Waals surface area contributed by atoms with E-state index in [1.54, 1.807) is 0 Å². The first kappa shape index (κ1) is 10.4. The molecule has 0 aromatic carbocycles. The van der Waals surface area contributed by atoms with Crippen LogP contribution in [0.4, 0.5) is 0 Å². The summed E-state index contributed by atoms with van der Waals surface area (Å²) in [6, 6.07) is 0. The Labute approximate surface area is 67.4 Å². The van der Waals surface area contributed by atoms with Crippen LogP contribution in [0.2, 0.25) is 0 Å². The van der Waals surface area contributed by atoms with E-state index < -0.39 is 0 Å². The zero-order valence-electron chi connectivity index (χ0n) is 7.17. The van der Waals surface area contributed by atoms with Gasteiger partial charge in [0.25, 0.3) is 0 Å². The van der Waals surface area contributed by atoms with Crippen LogP contribution in [-0.2, 0) is 9.53 Å². The molecule has 0 amide bonds. The smallest absolute Gasteiger partial charge is 0.305 e. The molecule has 0 aliphatic carbocycles. The monoisotopic (exact) mass is 160 g/mol. The third kappa shape index (κ3) is 5.85. The summed E-state index contributed by atoms with van der Waals surface area (Å²) in [6.45, 7) is 2.21. The van der Waals surface area contributed by atoms with E-state index in [0.29, 0.717) is 12.3 Å². The molecule has 0 saturated carbocycles. The van der Waals surface area contributed by atoms with Crippen LogP contribution in [0.25, 0.3) is 0 Å². The fourth-order valence-electron chi connectivity index (χ4n) is 0.831. The molecule has 0 bridgehead atoms. The van der Waals surface area contributed by atoms with Crippen molar-refractivity contribution in [2.75, 3.05) is 13.7 Å². The summed E-state index contributed by atoms with van der Waals surface area (Å²) >= 11 is 0. The van der Waals surface area contributed by atoms with Gasteiger partial charge in [-0.1, -0.05) is 6.92 Å². The minimum absolute atomic E-state index is 0.171. The lowest BCUT2D eigenvalue weighted by atomic mass is 10.0. The summed E-state index contributed by atoms with van der Waals surface area (Å²) in [5, 5.41) is 8.54. The van der Waals surface area contributed by atoms with Gasteiger partial charge in [-0.2, -0.15) is 0 Å². The van der Waals surface area contributed by atoms with Crippen molar-refractivity contribution in [1.82, 2.24) is 0 Å². The highest BCUT2D eigenvalue weighted by Crippen LogP contribution is 2.09. The number of carbonyl (C=O) groups excluding carboxylic acids is 1.